The van der Waals surface area contributed by atoms with Crippen LogP contribution in [0.2, 0.25) is 0 Å². The summed E-state index contributed by atoms with van der Waals surface area (Å²) in [6.45, 7) is 5.05. The summed E-state index contributed by atoms with van der Waals surface area (Å²) in [6.07, 6.45) is 5.91. The average Bonchev–Trinajstić information content (AvgIpc) is 3.27. The number of aromatic nitrogens is 2. The normalized spacial score (nSPS) is 18.3. The Balaban J connectivity index is 1.59. The van der Waals surface area contributed by atoms with E-state index in [1.165, 1.54) is 34.4 Å². The van der Waals surface area contributed by atoms with Crippen LogP contribution in [0.3, 0.4) is 0 Å². The fourth-order valence-corrected chi connectivity index (χ4v) is 5.08. The molecule has 0 saturated heterocycles. The highest BCUT2D eigenvalue weighted by Crippen LogP contribution is 2.49. The first-order chi connectivity index (χ1) is 16.6. The van der Waals surface area contributed by atoms with Crippen molar-refractivity contribution in [3.8, 4) is 5.69 Å². The van der Waals surface area contributed by atoms with Crippen LogP contribution in [0.1, 0.15) is 48.8 Å². The van der Waals surface area contributed by atoms with Gasteiger partial charge in [0.15, 0.2) is 0 Å². The van der Waals surface area contributed by atoms with Gasteiger partial charge in [0, 0.05) is 12.0 Å². The second kappa shape index (κ2) is 9.40. The molecule has 3 aromatic carbocycles. The fraction of sp³-hybridized carbons (Fsp3) is 0.233. The molecule has 1 aromatic heterocycles. The summed E-state index contributed by atoms with van der Waals surface area (Å²) in [7, 11) is 0. The zero-order chi connectivity index (χ0) is 23.5. The first kappa shape index (κ1) is 22.3. The molecule has 0 aliphatic heterocycles. The van der Waals surface area contributed by atoms with E-state index in [1.807, 2.05) is 23.0 Å². The summed E-state index contributed by atoms with van der Waals surface area (Å²) >= 11 is 0. The van der Waals surface area contributed by atoms with E-state index in [2.05, 4.69) is 73.6 Å². The van der Waals surface area contributed by atoms with Crippen molar-refractivity contribution in [2.45, 2.75) is 32.8 Å². The first-order valence-electron chi connectivity index (χ1n) is 11.8. The first-order valence-corrected chi connectivity index (χ1v) is 11.8. The topological polar surface area (TPSA) is 27.1 Å². The minimum Gasteiger partial charge on any atom is -0.374 e. The molecule has 0 N–H and O–H groups in total. The summed E-state index contributed by atoms with van der Waals surface area (Å²) in [6, 6.07) is 27.5. The second-order valence-electron chi connectivity index (χ2n) is 9.16. The second-order valence-corrected chi connectivity index (χ2v) is 9.16. The van der Waals surface area contributed by atoms with Crippen LogP contribution in [0.15, 0.2) is 91.1 Å². The Morgan fingerprint density at radius 1 is 0.971 bits per heavy atom. The minimum absolute atomic E-state index is 0.00277. The van der Waals surface area contributed by atoms with E-state index in [0.29, 0.717) is 6.61 Å². The van der Waals surface area contributed by atoms with E-state index in [-0.39, 0.29) is 17.3 Å². The third-order valence-electron chi connectivity index (χ3n) is 6.73. The largest absolute Gasteiger partial charge is 0.374 e. The zero-order valence-electron chi connectivity index (χ0n) is 19.6. The van der Waals surface area contributed by atoms with Crippen LogP contribution in [0.4, 0.5) is 4.39 Å². The lowest BCUT2D eigenvalue weighted by Gasteiger charge is -2.38. The van der Waals surface area contributed by atoms with Crippen molar-refractivity contribution in [2.75, 3.05) is 6.61 Å². The predicted octanol–water partition coefficient (Wildman–Crippen LogP) is 7.28. The number of rotatable bonds is 7. The molecule has 0 spiro atoms. The molecule has 0 radical (unpaired) electrons. The Hall–Kier alpha value is -3.50. The minimum atomic E-state index is -0.249. The van der Waals surface area contributed by atoms with Crippen molar-refractivity contribution in [3.63, 3.8) is 0 Å². The van der Waals surface area contributed by atoms with Crippen LogP contribution in [-0.2, 0) is 11.2 Å². The Bertz CT molecular complexity index is 1280. The number of hydrogen-bond acceptors (Lipinski definition) is 2. The van der Waals surface area contributed by atoms with Gasteiger partial charge in [0.1, 0.15) is 5.82 Å². The highest BCUT2D eigenvalue weighted by atomic mass is 19.1. The smallest absolute Gasteiger partial charge is 0.123 e. The van der Waals surface area contributed by atoms with Gasteiger partial charge in [0.2, 0.25) is 0 Å². The van der Waals surface area contributed by atoms with Gasteiger partial charge < -0.3 is 4.74 Å². The molecule has 0 fully saturated rings. The number of halogens is 1. The average molecular weight is 453 g/mol. The van der Waals surface area contributed by atoms with E-state index >= 15 is 0 Å². The number of allylic oxidation sites excluding steroid dienone is 1. The Morgan fingerprint density at radius 3 is 2.32 bits per heavy atom. The van der Waals surface area contributed by atoms with Crippen molar-refractivity contribution in [2.24, 2.45) is 5.41 Å². The summed E-state index contributed by atoms with van der Waals surface area (Å²) in [4.78, 5) is 0. The number of hydrogen-bond donors (Lipinski definition) is 0. The molecule has 0 amide bonds. The number of nitrogens with zero attached hydrogens (tertiary/aromatic N) is 2. The molecular formula is C30H29FN2O. The predicted molar refractivity (Wildman–Crippen MR) is 135 cm³/mol. The van der Waals surface area contributed by atoms with Crippen LogP contribution >= 0.6 is 0 Å². The number of fused-ring (bicyclic) bond motifs is 1. The molecule has 1 heterocycles. The van der Waals surface area contributed by atoms with Crippen molar-refractivity contribution >= 4 is 11.6 Å². The maximum atomic E-state index is 13.5. The summed E-state index contributed by atoms with van der Waals surface area (Å²) in [5.41, 5.74) is 6.61. The van der Waals surface area contributed by atoms with Crippen molar-refractivity contribution in [1.82, 2.24) is 9.78 Å². The number of benzene rings is 3. The maximum Gasteiger partial charge on any atom is 0.123 e. The van der Waals surface area contributed by atoms with Gasteiger partial charge in [-0.15, -0.1) is 0 Å². The van der Waals surface area contributed by atoms with E-state index in [4.69, 9.17) is 4.74 Å². The molecule has 2 unspecified atom stereocenters. The zero-order valence-corrected chi connectivity index (χ0v) is 19.6. The molecule has 1 aliphatic carbocycles. The highest BCUT2D eigenvalue weighted by Gasteiger charge is 2.38. The lowest BCUT2D eigenvalue weighted by atomic mass is 9.67. The van der Waals surface area contributed by atoms with Gasteiger partial charge in [-0.1, -0.05) is 67.6 Å². The Labute approximate surface area is 200 Å². The van der Waals surface area contributed by atoms with E-state index in [0.717, 1.165) is 24.2 Å². The molecule has 5 rings (SSSR count). The van der Waals surface area contributed by atoms with Gasteiger partial charge in [-0.3, -0.25) is 0 Å². The van der Waals surface area contributed by atoms with E-state index in [1.54, 1.807) is 12.1 Å². The van der Waals surface area contributed by atoms with Crippen molar-refractivity contribution in [1.29, 1.82) is 0 Å². The van der Waals surface area contributed by atoms with Crippen LogP contribution < -0.4 is 0 Å². The van der Waals surface area contributed by atoms with E-state index in [9.17, 15) is 4.39 Å². The fourth-order valence-electron chi connectivity index (χ4n) is 5.08. The van der Waals surface area contributed by atoms with Gasteiger partial charge in [0.25, 0.3) is 0 Å². The van der Waals surface area contributed by atoms with Gasteiger partial charge >= 0.3 is 0 Å². The molecule has 0 bridgehead atoms. The molecule has 34 heavy (non-hydrogen) atoms. The summed E-state index contributed by atoms with van der Waals surface area (Å²) in [5.74, 6) is -0.249. The third kappa shape index (κ3) is 4.34. The maximum absolute atomic E-state index is 13.5. The Morgan fingerprint density at radius 2 is 1.65 bits per heavy atom. The standard InChI is InChI=1S/C30H29FN2O/c1-3-34-29(23-12-8-5-9-13-23)20-30(2)19-24-21-32-33(26-16-14-25(31)15-17-26)28(24)18-27(30)22-10-6-4-7-11-22/h4-18,21,29H,3,19-20H2,1-2H3. The SMILES string of the molecule is CCOC(CC1(C)Cc2cnn(-c3ccc(F)cc3)c2C=C1c1ccccc1)c1ccccc1. The van der Waals surface area contributed by atoms with Crippen molar-refractivity contribution < 1.29 is 9.13 Å². The molecule has 3 nitrogen and oxygen atoms in total. The number of ether oxygens (including phenoxy) is 1. The highest BCUT2D eigenvalue weighted by molar-refractivity contribution is 5.87. The molecule has 4 aromatic rings. The molecule has 4 heteroatoms. The third-order valence-corrected chi connectivity index (χ3v) is 6.73. The Kier molecular flexibility index (Phi) is 6.16. The summed E-state index contributed by atoms with van der Waals surface area (Å²) < 4.78 is 21.7. The van der Waals surface area contributed by atoms with Gasteiger partial charge in [-0.05, 0) is 72.4 Å². The molecule has 1 aliphatic rings. The summed E-state index contributed by atoms with van der Waals surface area (Å²) in [5, 5.41) is 4.68. The lowest BCUT2D eigenvalue weighted by Crippen LogP contribution is -2.28. The molecular weight excluding hydrogens is 423 g/mol. The van der Waals surface area contributed by atoms with Crippen LogP contribution in [-0.4, -0.2) is 16.4 Å². The van der Waals surface area contributed by atoms with Crippen LogP contribution in [0.5, 0.6) is 0 Å². The van der Waals surface area contributed by atoms with Gasteiger partial charge in [-0.25, -0.2) is 9.07 Å². The van der Waals surface area contributed by atoms with Crippen molar-refractivity contribution in [3.05, 3.63) is 119 Å². The van der Waals surface area contributed by atoms with Gasteiger partial charge in [0.05, 0.1) is 23.7 Å². The van der Waals surface area contributed by atoms with Crippen LogP contribution in [0.25, 0.3) is 17.3 Å². The van der Waals surface area contributed by atoms with Crippen LogP contribution in [0, 0.1) is 11.2 Å². The monoisotopic (exact) mass is 452 g/mol. The lowest BCUT2D eigenvalue weighted by molar-refractivity contribution is 0.0362. The van der Waals surface area contributed by atoms with E-state index < -0.39 is 0 Å². The molecule has 2 atom stereocenters. The van der Waals surface area contributed by atoms with Gasteiger partial charge in [-0.2, -0.15) is 5.10 Å². The molecule has 0 saturated carbocycles. The molecule has 172 valence electrons. The quantitative estimate of drug-likeness (QED) is 0.295.